The molecule has 7 rings (SSSR count). The molecule has 1 amide bonds. The largest absolute Gasteiger partial charge is 0.369 e. The zero-order valence-corrected chi connectivity index (χ0v) is 23.1. The van der Waals surface area contributed by atoms with Crippen LogP contribution in [0.1, 0.15) is 108 Å². The number of para-hydroxylation sites is 2. The monoisotopic (exact) mass is 517 g/mol. The van der Waals surface area contributed by atoms with Gasteiger partial charge in [0.05, 0.1) is 17.6 Å². The molecule has 3 aliphatic heterocycles. The van der Waals surface area contributed by atoms with E-state index in [9.17, 15) is 4.79 Å². The Bertz CT molecular complexity index is 1120. The number of carbonyl (C=O) groups excluding carboxylic acids is 1. The fourth-order valence-corrected chi connectivity index (χ4v) is 9.67. The van der Waals surface area contributed by atoms with Crippen molar-refractivity contribution in [1.82, 2.24) is 19.4 Å². The molecule has 1 aromatic carbocycles. The van der Waals surface area contributed by atoms with Crippen molar-refractivity contribution in [3.63, 3.8) is 0 Å². The van der Waals surface area contributed by atoms with Crippen LogP contribution in [0.25, 0.3) is 11.0 Å². The van der Waals surface area contributed by atoms with Crippen molar-refractivity contribution in [2.75, 3.05) is 19.6 Å². The lowest BCUT2D eigenvalue weighted by Crippen LogP contribution is -2.58. The third-order valence-corrected chi connectivity index (χ3v) is 11.0. The van der Waals surface area contributed by atoms with Crippen molar-refractivity contribution in [3.05, 3.63) is 30.1 Å². The summed E-state index contributed by atoms with van der Waals surface area (Å²) in [6.45, 7) is 2.22. The van der Waals surface area contributed by atoms with Gasteiger partial charge in [-0.15, -0.1) is 0 Å². The Morgan fingerprint density at radius 1 is 0.816 bits per heavy atom. The molecule has 6 nitrogen and oxygen atoms in total. The molecule has 0 radical (unpaired) electrons. The average molecular weight is 518 g/mol. The van der Waals surface area contributed by atoms with Gasteiger partial charge in [-0.05, 0) is 88.3 Å². The summed E-state index contributed by atoms with van der Waals surface area (Å²) in [5, 5.41) is 0. The summed E-state index contributed by atoms with van der Waals surface area (Å²) in [5.41, 5.74) is 8.03. The van der Waals surface area contributed by atoms with Gasteiger partial charge in [0.2, 0.25) is 5.91 Å². The van der Waals surface area contributed by atoms with E-state index in [0.717, 1.165) is 61.4 Å². The highest BCUT2D eigenvalue weighted by Crippen LogP contribution is 2.48. The topological polar surface area (TPSA) is 67.4 Å². The molecule has 3 saturated heterocycles. The maximum absolute atomic E-state index is 11.7. The lowest BCUT2D eigenvalue weighted by molar-refractivity contribution is -0.119. The zero-order valence-electron chi connectivity index (χ0n) is 23.1. The number of aromatic nitrogens is 2. The second-order valence-electron chi connectivity index (χ2n) is 13.6. The molecular weight excluding hydrogens is 470 g/mol. The Morgan fingerprint density at radius 2 is 1.55 bits per heavy atom. The predicted molar refractivity (Wildman–Crippen MR) is 152 cm³/mol. The number of carbonyl (C=O) groups is 1. The van der Waals surface area contributed by atoms with Crippen molar-refractivity contribution in [2.45, 2.75) is 120 Å². The molecular formula is C32H47N5O. The summed E-state index contributed by atoms with van der Waals surface area (Å²) in [7, 11) is 0. The van der Waals surface area contributed by atoms with Gasteiger partial charge < -0.3 is 10.3 Å². The standard InChI is InChI=1S/C32H47N5O/c33-31(38)21-35-14-6-9-24(20-35)32-34-29-12-3-4-13-30(29)37(32)28-18-25-10-5-11-26(19-28)36(25)27-16-22-7-1-2-8-23(15-22)17-27/h3-4,12-13,22-28H,1-2,5-11,14-21H2,(H2,33,38)/t22-,23+,24-,25-,26+,27-,28-/m0/s1. The van der Waals surface area contributed by atoms with E-state index in [1.54, 1.807) is 0 Å². The number of imidazole rings is 1. The fourth-order valence-electron chi connectivity index (χ4n) is 9.67. The summed E-state index contributed by atoms with van der Waals surface area (Å²) in [6, 6.07) is 11.6. The number of hydrogen-bond donors (Lipinski definition) is 1. The van der Waals surface area contributed by atoms with Gasteiger partial charge in [-0.25, -0.2) is 4.98 Å². The highest BCUT2D eigenvalue weighted by molar-refractivity contribution is 5.77. The van der Waals surface area contributed by atoms with Gasteiger partial charge in [0.1, 0.15) is 5.82 Å². The first kappa shape index (κ1) is 25.1. The molecule has 2 aliphatic carbocycles. The Hall–Kier alpha value is -1.92. The summed E-state index contributed by atoms with van der Waals surface area (Å²) >= 11 is 0. The first-order chi connectivity index (χ1) is 18.6. The smallest absolute Gasteiger partial charge is 0.231 e. The number of rotatable bonds is 5. The zero-order chi connectivity index (χ0) is 25.6. The molecule has 7 atom stereocenters. The quantitative estimate of drug-likeness (QED) is 0.559. The lowest BCUT2D eigenvalue weighted by Gasteiger charge is -2.55. The SMILES string of the molecule is NC(=O)CN1CCC[C@H](c2nc3ccccc3n2[C@@H]2C[C@H]3CCC[C@@H](C2)N3[C@@H]2C[C@@H]3CCCC[C@@H](C3)C2)C1. The first-order valence-electron chi connectivity index (χ1n) is 15.9. The van der Waals surface area contributed by atoms with Gasteiger partial charge in [0.15, 0.2) is 0 Å². The van der Waals surface area contributed by atoms with Crippen molar-refractivity contribution < 1.29 is 4.79 Å². The van der Waals surface area contributed by atoms with E-state index in [0.29, 0.717) is 18.5 Å². The lowest BCUT2D eigenvalue weighted by atomic mass is 9.73. The van der Waals surface area contributed by atoms with Crippen LogP contribution < -0.4 is 5.73 Å². The van der Waals surface area contributed by atoms with Gasteiger partial charge in [-0.3, -0.25) is 14.6 Å². The van der Waals surface area contributed by atoms with E-state index in [-0.39, 0.29) is 5.91 Å². The Labute approximate surface area is 228 Å². The summed E-state index contributed by atoms with van der Waals surface area (Å²) in [5.74, 6) is 3.38. The van der Waals surface area contributed by atoms with Crippen molar-refractivity contribution in [2.24, 2.45) is 17.6 Å². The summed E-state index contributed by atoms with van der Waals surface area (Å²) in [6.07, 6.45) is 19.3. The molecule has 2 aromatic rings. The number of benzene rings is 1. The minimum Gasteiger partial charge on any atom is -0.369 e. The van der Waals surface area contributed by atoms with Crippen LogP contribution in [0.3, 0.4) is 0 Å². The van der Waals surface area contributed by atoms with E-state index in [2.05, 4.69) is 38.6 Å². The average Bonchev–Trinajstić information content (AvgIpc) is 3.21. The predicted octanol–water partition coefficient (Wildman–Crippen LogP) is 5.62. The molecule has 4 heterocycles. The number of nitrogens with zero attached hydrogens (tertiary/aromatic N) is 4. The molecule has 0 spiro atoms. The molecule has 2 saturated carbocycles. The van der Waals surface area contributed by atoms with E-state index >= 15 is 0 Å². The summed E-state index contributed by atoms with van der Waals surface area (Å²) in [4.78, 5) is 22.3. The van der Waals surface area contributed by atoms with Crippen molar-refractivity contribution >= 4 is 16.9 Å². The third kappa shape index (κ3) is 4.81. The highest BCUT2D eigenvalue weighted by atomic mass is 16.1. The molecule has 206 valence electrons. The number of likely N-dealkylation sites (tertiary alicyclic amines) is 1. The Kier molecular flexibility index (Phi) is 6.98. The fraction of sp³-hybridized carbons (Fsp3) is 0.750. The van der Waals surface area contributed by atoms with Gasteiger partial charge in [-0.2, -0.15) is 0 Å². The Balaban J connectivity index is 1.17. The van der Waals surface area contributed by atoms with E-state index in [4.69, 9.17) is 10.7 Å². The summed E-state index contributed by atoms with van der Waals surface area (Å²) < 4.78 is 2.68. The molecule has 2 N–H and O–H groups in total. The minimum atomic E-state index is -0.220. The van der Waals surface area contributed by atoms with Crippen LogP contribution in [0, 0.1) is 11.8 Å². The molecule has 6 heteroatoms. The van der Waals surface area contributed by atoms with Gasteiger partial charge in [-0.1, -0.05) is 44.2 Å². The molecule has 5 fully saturated rings. The van der Waals surface area contributed by atoms with E-state index in [1.165, 1.54) is 88.4 Å². The van der Waals surface area contributed by atoms with Crippen LogP contribution in [0.5, 0.6) is 0 Å². The van der Waals surface area contributed by atoms with E-state index < -0.39 is 0 Å². The van der Waals surface area contributed by atoms with E-state index in [1.807, 2.05) is 0 Å². The normalized spacial score (nSPS) is 36.7. The Morgan fingerprint density at radius 3 is 2.29 bits per heavy atom. The molecule has 4 bridgehead atoms. The van der Waals surface area contributed by atoms with Crippen LogP contribution in [0.15, 0.2) is 24.3 Å². The van der Waals surface area contributed by atoms with Crippen LogP contribution in [0.4, 0.5) is 0 Å². The second kappa shape index (κ2) is 10.6. The molecule has 5 aliphatic rings. The third-order valence-electron chi connectivity index (χ3n) is 11.0. The highest BCUT2D eigenvalue weighted by Gasteiger charge is 2.45. The number of fused-ring (bicyclic) bond motifs is 5. The maximum Gasteiger partial charge on any atom is 0.231 e. The minimum absolute atomic E-state index is 0.220. The second-order valence-corrected chi connectivity index (χ2v) is 13.6. The number of hydrogen-bond acceptors (Lipinski definition) is 4. The number of primary amides is 1. The first-order valence-corrected chi connectivity index (χ1v) is 15.9. The van der Waals surface area contributed by atoms with Crippen LogP contribution >= 0.6 is 0 Å². The number of piperidine rings is 3. The number of amides is 1. The van der Waals surface area contributed by atoms with Crippen molar-refractivity contribution in [1.29, 1.82) is 0 Å². The van der Waals surface area contributed by atoms with Crippen LogP contribution in [-0.2, 0) is 4.79 Å². The van der Waals surface area contributed by atoms with Gasteiger partial charge in [0.25, 0.3) is 0 Å². The van der Waals surface area contributed by atoms with Crippen molar-refractivity contribution in [3.8, 4) is 0 Å². The number of nitrogens with two attached hydrogens (primary N) is 1. The van der Waals surface area contributed by atoms with Crippen LogP contribution in [0.2, 0.25) is 0 Å². The molecule has 38 heavy (non-hydrogen) atoms. The molecule has 0 unspecified atom stereocenters. The van der Waals surface area contributed by atoms with Crippen LogP contribution in [-0.4, -0.2) is 63.0 Å². The van der Waals surface area contributed by atoms with Gasteiger partial charge >= 0.3 is 0 Å². The maximum atomic E-state index is 11.7. The van der Waals surface area contributed by atoms with Gasteiger partial charge in [0, 0.05) is 36.6 Å². The molecule has 1 aromatic heterocycles.